The highest BCUT2D eigenvalue weighted by atomic mass is 16.3. The molecular weight excluding hydrogens is 705 g/mol. The second-order valence-corrected chi connectivity index (χ2v) is 16.0. The summed E-state index contributed by atoms with van der Waals surface area (Å²) >= 11 is 0. The van der Waals surface area contributed by atoms with Gasteiger partial charge in [0.15, 0.2) is 0 Å². The van der Waals surface area contributed by atoms with Crippen LogP contribution in [0.5, 0.6) is 0 Å². The van der Waals surface area contributed by atoms with Crippen molar-refractivity contribution in [3.63, 3.8) is 0 Å². The van der Waals surface area contributed by atoms with Crippen LogP contribution in [-0.4, -0.2) is 0 Å². The van der Waals surface area contributed by atoms with Crippen molar-refractivity contribution in [1.29, 1.82) is 0 Å². The van der Waals surface area contributed by atoms with Crippen molar-refractivity contribution in [1.82, 2.24) is 0 Å². The predicted octanol–water partition coefficient (Wildman–Crippen LogP) is 16.3. The first kappa shape index (κ1) is 30.5. The second-order valence-electron chi connectivity index (χ2n) is 16.0. The van der Waals surface area contributed by atoms with Gasteiger partial charge in [-0.1, -0.05) is 146 Å². The lowest BCUT2D eigenvalue weighted by Gasteiger charge is -2.14. The molecular formula is C56H30O2. The maximum atomic E-state index is 6.74. The van der Waals surface area contributed by atoms with Crippen LogP contribution in [0.2, 0.25) is 0 Å². The fourth-order valence-electron chi connectivity index (χ4n) is 10.3. The highest BCUT2D eigenvalue weighted by molar-refractivity contribution is 6.27. The summed E-state index contributed by atoms with van der Waals surface area (Å²) in [5, 5.41) is 19.9. The van der Waals surface area contributed by atoms with Crippen molar-refractivity contribution in [2.24, 2.45) is 0 Å². The fourth-order valence-corrected chi connectivity index (χ4v) is 10.3. The molecule has 12 aromatic carbocycles. The van der Waals surface area contributed by atoms with E-state index in [1.54, 1.807) is 0 Å². The van der Waals surface area contributed by atoms with Crippen molar-refractivity contribution in [3.8, 4) is 33.4 Å². The Kier molecular flexibility index (Phi) is 5.79. The van der Waals surface area contributed by atoms with Gasteiger partial charge in [-0.25, -0.2) is 0 Å². The van der Waals surface area contributed by atoms with Crippen molar-refractivity contribution in [2.75, 3.05) is 0 Å². The molecule has 0 aliphatic carbocycles. The average Bonchev–Trinajstić information content (AvgIpc) is 3.85. The minimum Gasteiger partial charge on any atom is -0.456 e. The van der Waals surface area contributed by atoms with E-state index in [-0.39, 0.29) is 0 Å². The summed E-state index contributed by atoms with van der Waals surface area (Å²) in [7, 11) is 0. The molecule has 14 aromatic rings. The Morgan fingerprint density at radius 1 is 0.241 bits per heavy atom. The van der Waals surface area contributed by atoms with E-state index in [1.807, 2.05) is 0 Å². The van der Waals surface area contributed by atoms with Gasteiger partial charge in [0.2, 0.25) is 0 Å². The third-order valence-corrected chi connectivity index (χ3v) is 13.0. The summed E-state index contributed by atoms with van der Waals surface area (Å²) in [5.74, 6) is 0. The van der Waals surface area contributed by atoms with E-state index in [4.69, 9.17) is 8.83 Å². The molecule has 2 nitrogen and oxygen atoms in total. The zero-order chi connectivity index (χ0) is 37.6. The molecule has 0 fully saturated rings. The lowest BCUT2D eigenvalue weighted by molar-refractivity contribution is 0.669. The Labute approximate surface area is 331 Å². The van der Waals surface area contributed by atoms with Gasteiger partial charge in [-0.2, -0.15) is 0 Å². The summed E-state index contributed by atoms with van der Waals surface area (Å²) in [6.45, 7) is 0. The third-order valence-electron chi connectivity index (χ3n) is 13.0. The minimum atomic E-state index is 0.886. The van der Waals surface area contributed by atoms with E-state index in [0.29, 0.717) is 0 Å². The number of hydrogen-bond acceptors (Lipinski definition) is 2. The standard InChI is InChI=1S/C56H30O2/c1-4-31-10-12-35-14-21-40(42-23-16-33(6-1)52(31)54(35)42)39-20-27-50-48(30-39)47-29-38(18-25-49(47)57-50)37-19-26-51-46(28-37)45-9-3-8-44(56(45)58-51)41-22-15-36-13-11-32-5-2-7-34-17-24-43(41)55(36)53(32)34/h1-30H. The number of furan rings is 2. The van der Waals surface area contributed by atoms with Gasteiger partial charge in [0.25, 0.3) is 0 Å². The van der Waals surface area contributed by atoms with Crippen LogP contribution in [0.15, 0.2) is 191 Å². The highest BCUT2D eigenvalue weighted by Gasteiger charge is 2.19. The maximum absolute atomic E-state index is 6.74. The SMILES string of the molecule is c1cc2ccc3ccc(-c4ccc5oc6ccc(-c7ccc8oc9c(-c%10ccc%11ccc%12cccc%13ccc%10c%11c%12%13)cccc9c8c7)cc6c5c4)c4ccc(c1)c2c34. The van der Waals surface area contributed by atoms with Crippen LogP contribution in [-0.2, 0) is 0 Å². The van der Waals surface area contributed by atoms with E-state index < -0.39 is 0 Å². The molecule has 2 aromatic heterocycles. The monoisotopic (exact) mass is 734 g/mol. The molecule has 0 saturated carbocycles. The molecule has 0 atom stereocenters. The zero-order valence-electron chi connectivity index (χ0n) is 31.1. The van der Waals surface area contributed by atoms with E-state index >= 15 is 0 Å². The quantitative estimate of drug-likeness (QED) is 0.169. The van der Waals surface area contributed by atoms with E-state index in [0.717, 1.165) is 60.6 Å². The molecule has 0 radical (unpaired) electrons. The van der Waals surface area contributed by atoms with E-state index in [2.05, 4.69) is 182 Å². The smallest absolute Gasteiger partial charge is 0.143 e. The summed E-state index contributed by atoms with van der Waals surface area (Å²) in [4.78, 5) is 0. The van der Waals surface area contributed by atoms with Gasteiger partial charge in [-0.3, -0.25) is 0 Å². The number of hydrogen-bond donors (Lipinski definition) is 0. The molecule has 266 valence electrons. The Morgan fingerprint density at radius 3 is 1.28 bits per heavy atom. The van der Waals surface area contributed by atoms with Crippen LogP contribution in [0, 0.1) is 0 Å². The normalized spacial score (nSPS) is 12.5. The molecule has 14 rings (SSSR count). The molecule has 2 heterocycles. The molecule has 2 heteroatoms. The van der Waals surface area contributed by atoms with Gasteiger partial charge < -0.3 is 8.83 Å². The molecule has 0 spiro atoms. The summed E-state index contributed by atoms with van der Waals surface area (Å²) in [5.41, 5.74) is 10.6. The zero-order valence-corrected chi connectivity index (χ0v) is 31.1. The molecule has 0 saturated heterocycles. The maximum Gasteiger partial charge on any atom is 0.143 e. The third kappa shape index (κ3) is 4.06. The number of para-hydroxylation sites is 1. The first-order valence-electron chi connectivity index (χ1n) is 20.0. The first-order chi connectivity index (χ1) is 28.7. The van der Waals surface area contributed by atoms with Crippen LogP contribution in [0.1, 0.15) is 0 Å². The molecule has 0 aliphatic heterocycles. The van der Waals surface area contributed by atoms with Crippen LogP contribution < -0.4 is 0 Å². The van der Waals surface area contributed by atoms with Gasteiger partial charge in [0.1, 0.15) is 22.3 Å². The molecule has 0 bridgehead atoms. The Balaban J connectivity index is 0.906. The Bertz CT molecular complexity index is 3980. The van der Waals surface area contributed by atoms with Crippen LogP contribution in [0.4, 0.5) is 0 Å². The number of benzene rings is 12. The van der Waals surface area contributed by atoms with Gasteiger partial charge >= 0.3 is 0 Å². The second kappa shape index (κ2) is 11.0. The topological polar surface area (TPSA) is 26.3 Å². The van der Waals surface area contributed by atoms with Crippen LogP contribution in [0.25, 0.3) is 142 Å². The molecule has 0 aliphatic rings. The van der Waals surface area contributed by atoms with Crippen molar-refractivity contribution < 1.29 is 8.83 Å². The largest absolute Gasteiger partial charge is 0.456 e. The van der Waals surface area contributed by atoms with Crippen LogP contribution >= 0.6 is 0 Å². The predicted molar refractivity (Wildman–Crippen MR) is 245 cm³/mol. The molecule has 0 amide bonds. The Morgan fingerprint density at radius 2 is 0.672 bits per heavy atom. The van der Waals surface area contributed by atoms with Gasteiger partial charge in [-0.05, 0) is 129 Å². The van der Waals surface area contributed by atoms with Crippen LogP contribution in [0.3, 0.4) is 0 Å². The van der Waals surface area contributed by atoms with Gasteiger partial charge in [-0.15, -0.1) is 0 Å². The average molecular weight is 735 g/mol. The van der Waals surface area contributed by atoms with Crippen molar-refractivity contribution in [3.05, 3.63) is 182 Å². The minimum absolute atomic E-state index is 0.886. The summed E-state index contributed by atoms with van der Waals surface area (Å²) in [6, 6.07) is 66.6. The van der Waals surface area contributed by atoms with Crippen molar-refractivity contribution in [2.45, 2.75) is 0 Å². The lowest BCUT2D eigenvalue weighted by Crippen LogP contribution is -1.87. The number of rotatable bonds is 3. The lowest BCUT2D eigenvalue weighted by atomic mass is 9.89. The van der Waals surface area contributed by atoms with Gasteiger partial charge in [0.05, 0.1) is 0 Å². The molecule has 0 unspecified atom stereocenters. The van der Waals surface area contributed by atoms with E-state index in [1.165, 1.54) is 81.3 Å². The van der Waals surface area contributed by atoms with Crippen molar-refractivity contribution >= 4 is 109 Å². The fraction of sp³-hybridized carbons (Fsp3) is 0. The number of fused-ring (bicyclic) bond motifs is 6. The summed E-state index contributed by atoms with van der Waals surface area (Å²) in [6.07, 6.45) is 0. The Hall–Kier alpha value is -7.68. The molecule has 0 N–H and O–H groups in total. The first-order valence-corrected chi connectivity index (χ1v) is 20.0. The van der Waals surface area contributed by atoms with E-state index in [9.17, 15) is 0 Å². The summed E-state index contributed by atoms with van der Waals surface area (Å²) < 4.78 is 13.2. The highest BCUT2D eigenvalue weighted by Crippen LogP contribution is 2.45. The van der Waals surface area contributed by atoms with Gasteiger partial charge in [0, 0.05) is 27.1 Å². The molecule has 58 heavy (non-hydrogen) atoms.